The van der Waals surface area contributed by atoms with Gasteiger partial charge >= 0.3 is 18.2 Å². The molecule has 0 saturated carbocycles. The van der Waals surface area contributed by atoms with Gasteiger partial charge in [-0.2, -0.15) is 0 Å². The maximum atomic E-state index is 12.3. The van der Waals surface area contributed by atoms with Crippen molar-refractivity contribution in [1.82, 2.24) is 10.6 Å². The Hall–Kier alpha value is -3.46. The topological polar surface area (TPSA) is 152 Å². The van der Waals surface area contributed by atoms with Gasteiger partial charge in [0.1, 0.15) is 12.2 Å². The molecular formula is C20H29N5O6. The van der Waals surface area contributed by atoms with E-state index in [9.17, 15) is 14.4 Å². The number of esters is 1. The number of benzene rings is 1. The summed E-state index contributed by atoms with van der Waals surface area (Å²) in [6, 6.07) is 7.11. The number of ether oxygens (including phenoxy) is 3. The highest BCUT2D eigenvalue weighted by atomic mass is 16.6. The quantitative estimate of drug-likeness (QED) is 0.189. The zero-order chi connectivity index (χ0) is 23.3. The third-order valence-corrected chi connectivity index (χ3v) is 3.74. The summed E-state index contributed by atoms with van der Waals surface area (Å²) >= 11 is 0. The Bertz CT molecular complexity index is 774. The van der Waals surface area contributed by atoms with Crippen LogP contribution >= 0.6 is 0 Å². The number of hydrogen-bond donors (Lipinski definition) is 2. The van der Waals surface area contributed by atoms with Gasteiger partial charge in [-0.15, -0.1) is 0 Å². The molecule has 2 N–H and O–H groups in total. The highest BCUT2D eigenvalue weighted by Crippen LogP contribution is 2.10. The molecule has 1 aromatic rings. The molecule has 0 heterocycles. The van der Waals surface area contributed by atoms with Crippen molar-refractivity contribution >= 4 is 18.2 Å². The average Bonchev–Trinajstić information content (AvgIpc) is 2.68. The minimum atomic E-state index is -0.972. The second-order valence-electron chi connectivity index (χ2n) is 7.49. The number of rotatable bonds is 10. The molecule has 0 spiro atoms. The smallest absolute Gasteiger partial charge is 0.407 e. The van der Waals surface area contributed by atoms with Crippen molar-refractivity contribution in [1.29, 1.82) is 0 Å². The summed E-state index contributed by atoms with van der Waals surface area (Å²) in [6.07, 6.45) is -1.88. The molecule has 0 radical (unpaired) electrons. The lowest BCUT2D eigenvalue weighted by atomic mass is 10.1. The number of carbonyl (C=O) groups excluding carboxylic acids is 3. The van der Waals surface area contributed by atoms with E-state index in [0.29, 0.717) is 0 Å². The second kappa shape index (κ2) is 13.0. The van der Waals surface area contributed by atoms with Crippen molar-refractivity contribution < 1.29 is 28.6 Å². The predicted octanol–water partition coefficient (Wildman–Crippen LogP) is 3.44. The third-order valence-electron chi connectivity index (χ3n) is 3.74. The van der Waals surface area contributed by atoms with Crippen molar-refractivity contribution in [3.8, 4) is 0 Å². The summed E-state index contributed by atoms with van der Waals surface area (Å²) in [4.78, 5) is 39.3. The molecule has 2 amide bonds. The van der Waals surface area contributed by atoms with Crippen molar-refractivity contribution in [2.24, 2.45) is 5.11 Å². The van der Waals surface area contributed by atoms with E-state index in [1.807, 2.05) is 6.07 Å². The standard InChI is InChI=1S/C20H29N5O6/c1-5-29-17(26)11-15(23-18(27)30-13-14-9-7-6-8-10-14)16(12-22-25-21)24-19(28)31-20(2,3)4/h6-10,15-16H,5,11-13H2,1-4H3,(H,23,27)(H,24,28)/t15-,16-/m1/s1. The van der Waals surface area contributed by atoms with Crippen LogP contribution in [0, 0.1) is 0 Å². The van der Waals surface area contributed by atoms with Gasteiger partial charge in [0.15, 0.2) is 0 Å². The van der Waals surface area contributed by atoms with Crippen LogP contribution in [0.3, 0.4) is 0 Å². The monoisotopic (exact) mass is 435 g/mol. The first kappa shape index (κ1) is 25.6. The Morgan fingerprint density at radius 1 is 1.06 bits per heavy atom. The van der Waals surface area contributed by atoms with Crippen LogP contribution in [0.15, 0.2) is 35.4 Å². The fourth-order valence-corrected chi connectivity index (χ4v) is 2.47. The molecule has 11 heteroatoms. The largest absolute Gasteiger partial charge is 0.466 e. The second-order valence-corrected chi connectivity index (χ2v) is 7.49. The van der Waals surface area contributed by atoms with Crippen molar-refractivity contribution in [3.05, 3.63) is 46.3 Å². The normalized spacial score (nSPS) is 12.5. The van der Waals surface area contributed by atoms with E-state index in [1.165, 1.54) is 0 Å². The van der Waals surface area contributed by atoms with Gasteiger partial charge in [-0.25, -0.2) is 9.59 Å². The van der Waals surface area contributed by atoms with Crippen LogP contribution in [-0.4, -0.2) is 49.0 Å². The van der Waals surface area contributed by atoms with Crippen molar-refractivity contribution in [2.75, 3.05) is 13.2 Å². The summed E-state index contributed by atoms with van der Waals surface area (Å²) in [5.41, 5.74) is 8.69. The number of amides is 2. The lowest BCUT2D eigenvalue weighted by molar-refractivity contribution is -0.143. The fourth-order valence-electron chi connectivity index (χ4n) is 2.47. The highest BCUT2D eigenvalue weighted by molar-refractivity contribution is 5.74. The van der Waals surface area contributed by atoms with E-state index >= 15 is 0 Å². The minimum absolute atomic E-state index is 0.0132. The zero-order valence-corrected chi connectivity index (χ0v) is 18.2. The molecule has 11 nitrogen and oxygen atoms in total. The van der Waals surface area contributed by atoms with Crippen LogP contribution in [0.1, 0.15) is 39.7 Å². The van der Waals surface area contributed by atoms with Crippen molar-refractivity contribution in [3.63, 3.8) is 0 Å². The first-order chi connectivity index (χ1) is 14.6. The Kier molecular flexibility index (Phi) is 10.7. The summed E-state index contributed by atoms with van der Waals surface area (Å²) in [7, 11) is 0. The molecule has 0 bridgehead atoms. The molecule has 0 aliphatic carbocycles. The van der Waals surface area contributed by atoms with E-state index in [4.69, 9.17) is 19.7 Å². The number of carbonyl (C=O) groups is 3. The number of hydrogen-bond acceptors (Lipinski definition) is 7. The number of nitrogens with zero attached hydrogens (tertiary/aromatic N) is 3. The van der Waals surface area contributed by atoms with E-state index in [2.05, 4.69) is 20.7 Å². The molecule has 31 heavy (non-hydrogen) atoms. The first-order valence-corrected chi connectivity index (χ1v) is 9.77. The van der Waals surface area contributed by atoms with E-state index in [-0.39, 0.29) is 26.2 Å². The molecule has 0 aromatic heterocycles. The molecule has 1 rings (SSSR count). The number of azide groups is 1. The van der Waals surface area contributed by atoms with Crippen LogP contribution in [0.2, 0.25) is 0 Å². The molecule has 0 aliphatic heterocycles. The molecular weight excluding hydrogens is 406 g/mol. The van der Waals surface area contributed by atoms with Crippen LogP contribution in [0.4, 0.5) is 9.59 Å². The minimum Gasteiger partial charge on any atom is -0.466 e. The molecule has 0 saturated heterocycles. The number of nitrogens with one attached hydrogen (secondary N) is 2. The Morgan fingerprint density at radius 3 is 2.29 bits per heavy atom. The molecule has 170 valence electrons. The lowest BCUT2D eigenvalue weighted by Crippen LogP contribution is -2.55. The van der Waals surface area contributed by atoms with Crippen LogP contribution in [0.5, 0.6) is 0 Å². The van der Waals surface area contributed by atoms with Gasteiger partial charge in [-0.3, -0.25) is 4.79 Å². The van der Waals surface area contributed by atoms with Crippen LogP contribution in [0.25, 0.3) is 10.4 Å². The van der Waals surface area contributed by atoms with E-state index < -0.39 is 35.8 Å². The van der Waals surface area contributed by atoms with Gasteiger partial charge in [-0.05, 0) is 38.8 Å². The average molecular weight is 435 g/mol. The maximum absolute atomic E-state index is 12.3. The highest BCUT2D eigenvalue weighted by Gasteiger charge is 2.29. The fraction of sp³-hybridized carbons (Fsp3) is 0.550. The molecule has 2 atom stereocenters. The summed E-state index contributed by atoms with van der Waals surface area (Å²) in [6.45, 7) is 6.62. The summed E-state index contributed by atoms with van der Waals surface area (Å²) in [5, 5.41) is 8.53. The van der Waals surface area contributed by atoms with Crippen molar-refractivity contribution in [2.45, 2.75) is 58.4 Å². The third kappa shape index (κ3) is 11.3. The van der Waals surface area contributed by atoms with Gasteiger partial charge in [0.05, 0.1) is 25.1 Å². The summed E-state index contributed by atoms with van der Waals surface area (Å²) in [5.74, 6) is -0.604. The van der Waals surface area contributed by atoms with Crippen LogP contribution < -0.4 is 10.6 Å². The van der Waals surface area contributed by atoms with Gasteiger partial charge < -0.3 is 24.8 Å². The Labute approximate surface area is 181 Å². The molecule has 0 aliphatic rings. The van der Waals surface area contributed by atoms with Gasteiger partial charge in [0.25, 0.3) is 0 Å². The predicted molar refractivity (Wildman–Crippen MR) is 112 cm³/mol. The van der Waals surface area contributed by atoms with Gasteiger partial charge in [-0.1, -0.05) is 35.4 Å². The first-order valence-electron chi connectivity index (χ1n) is 9.77. The zero-order valence-electron chi connectivity index (χ0n) is 18.2. The lowest BCUT2D eigenvalue weighted by Gasteiger charge is -2.28. The maximum Gasteiger partial charge on any atom is 0.407 e. The van der Waals surface area contributed by atoms with Gasteiger partial charge in [0, 0.05) is 11.5 Å². The number of alkyl carbamates (subject to hydrolysis) is 2. The van der Waals surface area contributed by atoms with E-state index in [1.54, 1.807) is 52.0 Å². The molecule has 1 aromatic carbocycles. The van der Waals surface area contributed by atoms with Crippen LogP contribution in [-0.2, 0) is 25.6 Å². The Morgan fingerprint density at radius 2 is 1.71 bits per heavy atom. The SMILES string of the molecule is CCOC(=O)C[C@@H](NC(=O)OCc1ccccc1)[C@@H](CN=[N+]=[N-])NC(=O)OC(C)(C)C. The molecule has 0 unspecified atom stereocenters. The Balaban J connectivity index is 2.92. The molecule has 0 fully saturated rings. The van der Waals surface area contributed by atoms with Gasteiger partial charge in [0.2, 0.25) is 0 Å². The summed E-state index contributed by atoms with van der Waals surface area (Å²) < 4.78 is 15.4. The van der Waals surface area contributed by atoms with E-state index in [0.717, 1.165) is 5.56 Å².